The standard InChI is InChI=1S/C13H20N2O3/c1-4-15-13(16)8-10(14)9-5-6-11(17-2)12(7-9)18-3/h5-7,10H,4,8,14H2,1-3H3,(H,15,16). The summed E-state index contributed by atoms with van der Waals surface area (Å²) in [5, 5.41) is 2.72. The summed E-state index contributed by atoms with van der Waals surface area (Å²) in [6, 6.07) is 5.07. The SMILES string of the molecule is CCNC(=O)CC(N)c1ccc(OC)c(OC)c1. The fraction of sp³-hybridized carbons (Fsp3) is 0.462. The van der Waals surface area contributed by atoms with Crippen molar-refractivity contribution < 1.29 is 14.3 Å². The molecule has 5 heteroatoms. The number of carbonyl (C=O) groups is 1. The van der Waals surface area contributed by atoms with Crippen molar-refractivity contribution in [3.8, 4) is 11.5 Å². The van der Waals surface area contributed by atoms with Crippen LogP contribution in [-0.4, -0.2) is 26.7 Å². The Labute approximate surface area is 107 Å². The van der Waals surface area contributed by atoms with E-state index in [0.29, 0.717) is 18.0 Å². The Morgan fingerprint density at radius 1 is 1.33 bits per heavy atom. The minimum Gasteiger partial charge on any atom is -0.493 e. The van der Waals surface area contributed by atoms with Crippen molar-refractivity contribution in [2.24, 2.45) is 5.73 Å². The maximum atomic E-state index is 11.5. The van der Waals surface area contributed by atoms with E-state index in [4.69, 9.17) is 15.2 Å². The molecular formula is C13H20N2O3. The van der Waals surface area contributed by atoms with Crippen LogP contribution in [0.4, 0.5) is 0 Å². The summed E-state index contributed by atoms with van der Waals surface area (Å²) >= 11 is 0. The predicted molar refractivity (Wildman–Crippen MR) is 69.8 cm³/mol. The average molecular weight is 252 g/mol. The first-order valence-corrected chi connectivity index (χ1v) is 5.86. The van der Waals surface area contributed by atoms with Gasteiger partial charge in [0.25, 0.3) is 0 Å². The summed E-state index contributed by atoms with van der Waals surface area (Å²) in [7, 11) is 3.14. The molecule has 0 aliphatic rings. The topological polar surface area (TPSA) is 73.6 Å². The molecule has 0 aliphatic carbocycles. The normalized spacial score (nSPS) is 11.8. The maximum absolute atomic E-state index is 11.5. The summed E-state index contributed by atoms with van der Waals surface area (Å²) in [6.07, 6.45) is 0.253. The van der Waals surface area contributed by atoms with E-state index in [1.165, 1.54) is 0 Å². The average Bonchev–Trinajstić information content (AvgIpc) is 2.38. The van der Waals surface area contributed by atoms with Gasteiger partial charge in [0.05, 0.1) is 14.2 Å². The molecule has 1 aromatic rings. The van der Waals surface area contributed by atoms with Crippen molar-refractivity contribution in [2.75, 3.05) is 20.8 Å². The molecule has 0 aromatic heterocycles. The van der Waals surface area contributed by atoms with E-state index >= 15 is 0 Å². The molecule has 3 N–H and O–H groups in total. The summed E-state index contributed by atoms with van der Waals surface area (Å²) < 4.78 is 10.3. The zero-order chi connectivity index (χ0) is 13.5. The van der Waals surface area contributed by atoms with Crippen molar-refractivity contribution in [2.45, 2.75) is 19.4 Å². The molecule has 0 heterocycles. The third kappa shape index (κ3) is 3.63. The maximum Gasteiger partial charge on any atom is 0.221 e. The highest BCUT2D eigenvalue weighted by atomic mass is 16.5. The molecule has 5 nitrogen and oxygen atoms in total. The number of methoxy groups -OCH3 is 2. The Morgan fingerprint density at radius 3 is 2.56 bits per heavy atom. The molecule has 18 heavy (non-hydrogen) atoms. The monoisotopic (exact) mass is 252 g/mol. The van der Waals surface area contributed by atoms with Gasteiger partial charge in [-0.1, -0.05) is 6.07 Å². The van der Waals surface area contributed by atoms with Gasteiger partial charge in [-0.15, -0.1) is 0 Å². The number of hydrogen-bond acceptors (Lipinski definition) is 4. The first kappa shape index (κ1) is 14.3. The van der Waals surface area contributed by atoms with E-state index in [1.54, 1.807) is 26.4 Å². The van der Waals surface area contributed by atoms with Crippen LogP contribution in [0.2, 0.25) is 0 Å². The van der Waals surface area contributed by atoms with Crippen LogP contribution in [0.5, 0.6) is 11.5 Å². The van der Waals surface area contributed by atoms with E-state index in [1.807, 2.05) is 13.0 Å². The molecule has 0 radical (unpaired) electrons. The second-order valence-electron chi connectivity index (χ2n) is 3.88. The van der Waals surface area contributed by atoms with Gasteiger partial charge < -0.3 is 20.5 Å². The van der Waals surface area contributed by atoms with Gasteiger partial charge >= 0.3 is 0 Å². The van der Waals surface area contributed by atoms with Gasteiger partial charge in [-0.2, -0.15) is 0 Å². The molecule has 1 amide bonds. The van der Waals surface area contributed by atoms with Crippen molar-refractivity contribution in [3.63, 3.8) is 0 Å². The lowest BCUT2D eigenvalue weighted by Gasteiger charge is -2.14. The lowest BCUT2D eigenvalue weighted by atomic mass is 10.0. The molecule has 0 saturated heterocycles. The quantitative estimate of drug-likeness (QED) is 0.798. The number of benzene rings is 1. The Balaban J connectivity index is 2.79. The molecule has 0 bridgehead atoms. The Hall–Kier alpha value is -1.75. The fourth-order valence-electron chi connectivity index (χ4n) is 1.67. The van der Waals surface area contributed by atoms with Gasteiger partial charge in [-0.05, 0) is 24.6 Å². The number of rotatable bonds is 6. The molecule has 1 unspecified atom stereocenters. The van der Waals surface area contributed by atoms with Gasteiger partial charge in [-0.3, -0.25) is 4.79 Å². The van der Waals surface area contributed by atoms with Gasteiger partial charge in [0.15, 0.2) is 11.5 Å². The van der Waals surface area contributed by atoms with E-state index in [9.17, 15) is 4.79 Å². The van der Waals surface area contributed by atoms with E-state index in [2.05, 4.69) is 5.32 Å². The smallest absolute Gasteiger partial charge is 0.221 e. The molecule has 0 spiro atoms. The first-order chi connectivity index (χ1) is 8.62. The highest BCUT2D eigenvalue weighted by molar-refractivity contribution is 5.76. The molecule has 1 aromatic carbocycles. The lowest BCUT2D eigenvalue weighted by Crippen LogP contribution is -2.27. The van der Waals surface area contributed by atoms with Gasteiger partial charge in [-0.25, -0.2) is 0 Å². The third-order valence-corrected chi connectivity index (χ3v) is 2.62. The predicted octanol–water partition coefficient (Wildman–Crippen LogP) is 1.23. The minimum atomic E-state index is -0.351. The van der Waals surface area contributed by atoms with Crippen LogP contribution in [0.25, 0.3) is 0 Å². The molecular weight excluding hydrogens is 232 g/mol. The second-order valence-corrected chi connectivity index (χ2v) is 3.88. The molecule has 1 atom stereocenters. The number of hydrogen-bond donors (Lipinski definition) is 2. The number of ether oxygens (including phenoxy) is 2. The van der Waals surface area contributed by atoms with Crippen LogP contribution in [0, 0.1) is 0 Å². The minimum absolute atomic E-state index is 0.0558. The summed E-state index contributed by atoms with van der Waals surface area (Å²) in [6.45, 7) is 2.48. The van der Waals surface area contributed by atoms with Crippen molar-refractivity contribution in [1.29, 1.82) is 0 Å². The molecule has 100 valence electrons. The van der Waals surface area contributed by atoms with Crippen LogP contribution >= 0.6 is 0 Å². The third-order valence-electron chi connectivity index (χ3n) is 2.62. The zero-order valence-corrected chi connectivity index (χ0v) is 11.0. The summed E-state index contributed by atoms with van der Waals surface area (Å²) in [4.78, 5) is 11.5. The molecule has 1 rings (SSSR count). The molecule has 0 aliphatic heterocycles. The summed E-state index contributed by atoms with van der Waals surface area (Å²) in [5.41, 5.74) is 6.83. The fourth-order valence-corrected chi connectivity index (χ4v) is 1.67. The zero-order valence-electron chi connectivity index (χ0n) is 11.0. The number of carbonyl (C=O) groups excluding carboxylic acids is 1. The van der Waals surface area contributed by atoms with E-state index in [-0.39, 0.29) is 18.4 Å². The van der Waals surface area contributed by atoms with Crippen LogP contribution in [-0.2, 0) is 4.79 Å². The van der Waals surface area contributed by atoms with Crippen molar-refractivity contribution in [1.82, 2.24) is 5.32 Å². The summed E-state index contributed by atoms with van der Waals surface area (Å²) in [5.74, 6) is 1.20. The lowest BCUT2D eigenvalue weighted by molar-refractivity contribution is -0.121. The van der Waals surface area contributed by atoms with Gasteiger partial charge in [0, 0.05) is 19.0 Å². The molecule has 0 fully saturated rings. The highest BCUT2D eigenvalue weighted by Gasteiger charge is 2.13. The first-order valence-electron chi connectivity index (χ1n) is 5.86. The van der Waals surface area contributed by atoms with Gasteiger partial charge in [0.1, 0.15) is 0 Å². The van der Waals surface area contributed by atoms with Crippen LogP contribution < -0.4 is 20.5 Å². The number of nitrogens with two attached hydrogens (primary N) is 1. The Kier molecular flexibility index (Phi) is 5.45. The number of amides is 1. The molecule has 0 saturated carbocycles. The van der Waals surface area contributed by atoms with Crippen LogP contribution in [0.15, 0.2) is 18.2 Å². The van der Waals surface area contributed by atoms with Crippen LogP contribution in [0.1, 0.15) is 24.9 Å². The highest BCUT2D eigenvalue weighted by Crippen LogP contribution is 2.30. The van der Waals surface area contributed by atoms with E-state index in [0.717, 1.165) is 5.56 Å². The van der Waals surface area contributed by atoms with E-state index < -0.39 is 0 Å². The Bertz CT molecular complexity index is 407. The van der Waals surface area contributed by atoms with Crippen LogP contribution in [0.3, 0.4) is 0 Å². The second kappa shape index (κ2) is 6.86. The largest absolute Gasteiger partial charge is 0.493 e. The van der Waals surface area contributed by atoms with Gasteiger partial charge in [0.2, 0.25) is 5.91 Å². The van der Waals surface area contributed by atoms with Crippen molar-refractivity contribution >= 4 is 5.91 Å². The van der Waals surface area contributed by atoms with Crippen molar-refractivity contribution in [3.05, 3.63) is 23.8 Å². The number of nitrogens with one attached hydrogen (secondary N) is 1. The Morgan fingerprint density at radius 2 is 2.00 bits per heavy atom.